The van der Waals surface area contributed by atoms with E-state index in [1.54, 1.807) is 0 Å². The van der Waals surface area contributed by atoms with E-state index in [0.717, 1.165) is 17.7 Å². The minimum atomic E-state index is -0.544. The summed E-state index contributed by atoms with van der Waals surface area (Å²) in [5.74, 6) is -1.05. The average molecular weight is 262 g/mol. The van der Waals surface area contributed by atoms with Crippen molar-refractivity contribution in [3.8, 4) is 0 Å². The summed E-state index contributed by atoms with van der Waals surface area (Å²) in [6.45, 7) is 8.13. The predicted molar refractivity (Wildman–Crippen MR) is 77.1 cm³/mol. The molecule has 0 saturated heterocycles. The van der Waals surface area contributed by atoms with E-state index >= 15 is 0 Å². The van der Waals surface area contributed by atoms with Crippen LogP contribution >= 0.6 is 0 Å². The van der Waals surface area contributed by atoms with Crippen molar-refractivity contribution < 1.29 is 9.59 Å². The lowest BCUT2D eigenvalue weighted by atomic mass is 10.2. The molecule has 0 saturated carbocycles. The Morgan fingerprint density at radius 1 is 1.32 bits per heavy atom. The number of nitrogens with zero attached hydrogens (tertiary/aromatic N) is 1. The number of rotatable bonds is 4. The molecule has 1 atom stereocenters. The van der Waals surface area contributed by atoms with Crippen molar-refractivity contribution in [2.75, 3.05) is 11.4 Å². The Bertz CT molecular complexity index is 457. The lowest BCUT2D eigenvalue weighted by Crippen LogP contribution is -2.45. The summed E-state index contributed by atoms with van der Waals surface area (Å²) in [4.78, 5) is 25.5. The second-order valence-corrected chi connectivity index (χ2v) is 4.67. The Morgan fingerprint density at radius 3 is 2.53 bits per heavy atom. The molecule has 104 valence electrons. The molecule has 0 spiro atoms. The van der Waals surface area contributed by atoms with E-state index in [1.807, 2.05) is 52.0 Å². The van der Waals surface area contributed by atoms with Crippen molar-refractivity contribution in [1.82, 2.24) is 5.32 Å². The third-order valence-corrected chi connectivity index (χ3v) is 3.06. The van der Waals surface area contributed by atoms with Gasteiger partial charge in [0.2, 0.25) is 0 Å². The highest BCUT2D eigenvalue weighted by atomic mass is 16.2. The number of carbonyl (C=O) groups is 2. The first-order valence-corrected chi connectivity index (χ1v) is 6.68. The van der Waals surface area contributed by atoms with Gasteiger partial charge in [0, 0.05) is 18.3 Å². The molecule has 1 unspecified atom stereocenters. The zero-order valence-electron chi connectivity index (χ0n) is 12.1. The fourth-order valence-corrected chi connectivity index (χ4v) is 1.75. The van der Waals surface area contributed by atoms with Gasteiger partial charge in [0.25, 0.3) is 0 Å². The van der Waals surface area contributed by atoms with Gasteiger partial charge in [0.1, 0.15) is 0 Å². The number of likely N-dealkylation sites (N-methyl/N-ethyl adjacent to an activating group) is 1. The molecule has 2 amide bonds. The predicted octanol–water partition coefficient (Wildman–Crippen LogP) is 2.26. The molecule has 0 aliphatic rings. The van der Waals surface area contributed by atoms with Crippen molar-refractivity contribution in [2.24, 2.45) is 0 Å². The molecule has 0 heterocycles. The first kappa shape index (κ1) is 15.2. The summed E-state index contributed by atoms with van der Waals surface area (Å²) >= 11 is 0. The lowest BCUT2D eigenvalue weighted by molar-refractivity contribution is -0.138. The molecular weight excluding hydrogens is 240 g/mol. The van der Waals surface area contributed by atoms with Crippen LogP contribution in [0, 0.1) is 6.92 Å². The van der Waals surface area contributed by atoms with Crippen LogP contribution in [0.4, 0.5) is 5.69 Å². The van der Waals surface area contributed by atoms with Crippen LogP contribution in [0.2, 0.25) is 0 Å². The lowest BCUT2D eigenvalue weighted by Gasteiger charge is -2.21. The van der Waals surface area contributed by atoms with Gasteiger partial charge in [-0.1, -0.05) is 19.1 Å². The molecule has 0 aliphatic heterocycles. The van der Waals surface area contributed by atoms with Gasteiger partial charge in [-0.05, 0) is 44.9 Å². The zero-order valence-corrected chi connectivity index (χ0v) is 12.1. The molecule has 1 aromatic rings. The smallest absolute Gasteiger partial charge is 0.316 e. The van der Waals surface area contributed by atoms with Gasteiger partial charge in [-0.15, -0.1) is 0 Å². The maximum Gasteiger partial charge on any atom is 0.316 e. The second kappa shape index (κ2) is 6.92. The van der Waals surface area contributed by atoms with Gasteiger partial charge in [-0.2, -0.15) is 0 Å². The van der Waals surface area contributed by atoms with Crippen LogP contribution in [-0.4, -0.2) is 24.4 Å². The topological polar surface area (TPSA) is 49.4 Å². The number of amides is 2. The van der Waals surface area contributed by atoms with Gasteiger partial charge in [-0.25, -0.2) is 0 Å². The number of nitrogens with one attached hydrogen (secondary N) is 1. The van der Waals surface area contributed by atoms with Gasteiger partial charge in [-0.3, -0.25) is 9.59 Å². The van der Waals surface area contributed by atoms with E-state index in [-0.39, 0.29) is 6.04 Å². The molecule has 19 heavy (non-hydrogen) atoms. The molecule has 1 N–H and O–H groups in total. The van der Waals surface area contributed by atoms with Crippen LogP contribution in [0.5, 0.6) is 0 Å². The van der Waals surface area contributed by atoms with Gasteiger partial charge < -0.3 is 10.2 Å². The fraction of sp³-hybridized carbons (Fsp3) is 0.467. The Kier molecular flexibility index (Phi) is 5.55. The van der Waals surface area contributed by atoms with Crippen LogP contribution in [0.1, 0.15) is 32.8 Å². The Balaban J connectivity index is 2.85. The molecule has 4 heteroatoms. The monoisotopic (exact) mass is 262 g/mol. The Hall–Kier alpha value is -1.84. The Morgan fingerprint density at radius 2 is 2.00 bits per heavy atom. The van der Waals surface area contributed by atoms with Gasteiger partial charge >= 0.3 is 11.8 Å². The minimum Gasteiger partial charge on any atom is -0.345 e. The molecule has 0 aromatic heterocycles. The van der Waals surface area contributed by atoms with Crippen molar-refractivity contribution in [3.63, 3.8) is 0 Å². The molecule has 0 fully saturated rings. The van der Waals surface area contributed by atoms with Crippen LogP contribution in [0.25, 0.3) is 0 Å². The van der Waals surface area contributed by atoms with Crippen molar-refractivity contribution in [2.45, 2.75) is 40.2 Å². The third kappa shape index (κ3) is 4.09. The molecular formula is C15H22N2O2. The van der Waals surface area contributed by atoms with E-state index in [4.69, 9.17) is 0 Å². The third-order valence-electron chi connectivity index (χ3n) is 3.06. The standard InChI is InChI=1S/C15H22N2O2/c1-5-12(4)16-14(18)15(19)17(6-2)13-9-7-8-11(3)10-13/h7-10,12H,5-6H2,1-4H3,(H,16,18). The van der Waals surface area contributed by atoms with E-state index in [9.17, 15) is 9.59 Å². The summed E-state index contributed by atoms with van der Waals surface area (Å²) in [5.41, 5.74) is 1.82. The summed E-state index contributed by atoms with van der Waals surface area (Å²) in [6, 6.07) is 7.59. The first-order valence-electron chi connectivity index (χ1n) is 6.68. The van der Waals surface area contributed by atoms with E-state index in [1.165, 1.54) is 4.90 Å². The summed E-state index contributed by atoms with van der Waals surface area (Å²) in [5, 5.41) is 2.70. The molecule has 1 rings (SSSR count). The van der Waals surface area contributed by atoms with E-state index < -0.39 is 11.8 Å². The van der Waals surface area contributed by atoms with Gasteiger partial charge in [0.15, 0.2) is 0 Å². The Labute approximate surface area is 114 Å². The maximum absolute atomic E-state index is 12.2. The molecule has 4 nitrogen and oxygen atoms in total. The van der Waals surface area contributed by atoms with Gasteiger partial charge in [0.05, 0.1) is 0 Å². The molecule has 0 radical (unpaired) electrons. The highest BCUT2D eigenvalue weighted by molar-refractivity contribution is 6.40. The number of anilines is 1. The minimum absolute atomic E-state index is 0.00710. The largest absolute Gasteiger partial charge is 0.345 e. The van der Waals surface area contributed by atoms with E-state index in [2.05, 4.69) is 5.32 Å². The summed E-state index contributed by atoms with van der Waals surface area (Å²) in [7, 11) is 0. The second-order valence-electron chi connectivity index (χ2n) is 4.67. The average Bonchev–Trinajstić information content (AvgIpc) is 2.39. The van der Waals surface area contributed by atoms with Crippen molar-refractivity contribution in [1.29, 1.82) is 0 Å². The van der Waals surface area contributed by atoms with Crippen LogP contribution in [0.3, 0.4) is 0 Å². The number of aryl methyl sites for hydroxylation is 1. The summed E-state index contributed by atoms with van der Waals surface area (Å²) < 4.78 is 0. The first-order chi connectivity index (χ1) is 8.99. The zero-order chi connectivity index (χ0) is 14.4. The summed E-state index contributed by atoms with van der Waals surface area (Å²) in [6.07, 6.45) is 0.801. The molecule has 1 aromatic carbocycles. The molecule has 0 bridgehead atoms. The highest BCUT2D eigenvalue weighted by Gasteiger charge is 2.22. The number of benzene rings is 1. The highest BCUT2D eigenvalue weighted by Crippen LogP contribution is 2.15. The fourth-order valence-electron chi connectivity index (χ4n) is 1.75. The quantitative estimate of drug-likeness (QED) is 0.846. The normalized spacial score (nSPS) is 11.8. The number of hydrogen-bond donors (Lipinski definition) is 1. The maximum atomic E-state index is 12.2. The SMILES string of the molecule is CCC(C)NC(=O)C(=O)N(CC)c1cccc(C)c1. The van der Waals surface area contributed by atoms with Crippen LogP contribution in [-0.2, 0) is 9.59 Å². The van der Waals surface area contributed by atoms with E-state index in [0.29, 0.717) is 6.54 Å². The molecule has 0 aliphatic carbocycles. The number of carbonyl (C=O) groups excluding carboxylic acids is 2. The number of hydrogen-bond acceptors (Lipinski definition) is 2. The van der Waals surface area contributed by atoms with Crippen molar-refractivity contribution >= 4 is 17.5 Å². The van der Waals surface area contributed by atoms with Crippen LogP contribution < -0.4 is 10.2 Å². The van der Waals surface area contributed by atoms with Crippen molar-refractivity contribution in [3.05, 3.63) is 29.8 Å². The van der Waals surface area contributed by atoms with Crippen LogP contribution in [0.15, 0.2) is 24.3 Å².